The van der Waals surface area contributed by atoms with Crippen LogP contribution in [0.2, 0.25) is 0 Å². The van der Waals surface area contributed by atoms with E-state index in [1.807, 2.05) is 0 Å². The number of hydrogen-bond acceptors (Lipinski definition) is 1. The average Bonchev–Trinajstić information content (AvgIpc) is 2.72. The Morgan fingerprint density at radius 3 is 2.15 bits per heavy atom. The van der Waals surface area contributed by atoms with Crippen LogP contribution in [0.3, 0.4) is 0 Å². The van der Waals surface area contributed by atoms with Crippen LogP contribution in [0.5, 0.6) is 0 Å². The zero-order chi connectivity index (χ0) is 15.1. The van der Waals surface area contributed by atoms with Gasteiger partial charge in [-0.25, -0.2) is 4.79 Å². The Bertz CT molecular complexity index is 537. The zero-order valence-corrected chi connectivity index (χ0v) is 9.69. The van der Waals surface area contributed by atoms with Gasteiger partial charge in [-0.05, 0) is 17.7 Å². The Balaban J connectivity index is 2.49. The molecule has 0 spiro atoms. The molecule has 20 heavy (non-hydrogen) atoms. The third kappa shape index (κ3) is 2.81. The van der Waals surface area contributed by atoms with E-state index in [2.05, 4.69) is 10.6 Å². The molecule has 1 heterocycles. The summed E-state index contributed by atoms with van der Waals surface area (Å²) in [6.45, 7) is -0.118. The van der Waals surface area contributed by atoms with Gasteiger partial charge in [0.05, 0.1) is 17.2 Å². The van der Waals surface area contributed by atoms with E-state index < -0.39 is 41.1 Å². The molecule has 2 rings (SSSR count). The summed E-state index contributed by atoms with van der Waals surface area (Å²) in [4.78, 5) is 10.9. The van der Waals surface area contributed by atoms with Gasteiger partial charge in [0.15, 0.2) is 0 Å². The van der Waals surface area contributed by atoms with Crippen LogP contribution in [0.25, 0.3) is 0 Å². The first-order chi connectivity index (χ1) is 9.09. The number of halogens is 6. The molecule has 2 N–H and O–H groups in total. The predicted molar refractivity (Wildman–Crippen MR) is 55.7 cm³/mol. The zero-order valence-electron chi connectivity index (χ0n) is 9.69. The summed E-state index contributed by atoms with van der Waals surface area (Å²) < 4.78 is 76.0. The van der Waals surface area contributed by atoms with E-state index in [0.717, 1.165) is 6.07 Å². The number of amides is 2. The quantitative estimate of drug-likeness (QED) is 0.769. The second kappa shape index (κ2) is 4.57. The SMILES string of the molecule is O=C1NC[C@@H](c2ccc(C(F)(F)F)cc2C(F)(F)F)N1. The topological polar surface area (TPSA) is 41.1 Å². The number of rotatable bonds is 1. The van der Waals surface area contributed by atoms with Crippen molar-refractivity contribution >= 4 is 6.03 Å². The van der Waals surface area contributed by atoms with Gasteiger partial charge >= 0.3 is 18.4 Å². The Morgan fingerprint density at radius 1 is 1.05 bits per heavy atom. The first-order valence-corrected chi connectivity index (χ1v) is 5.42. The van der Waals surface area contributed by atoms with E-state index in [-0.39, 0.29) is 12.6 Å². The fraction of sp³-hybridized carbons (Fsp3) is 0.364. The maximum absolute atomic E-state index is 12.9. The minimum Gasteiger partial charge on any atom is -0.336 e. The molecule has 110 valence electrons. The van der Waals surface area contributed by atoms with Crippen molar-refractivity contribution in [1.29, 1.82) is 0 Å². The molecule has 0 saturated carbocycles. The second-order valence-corrected chi connectivity index (χ2v) is 4.20. The molecule has 1 atom stereocenters. The first-order valence-electron chi connectivity index (χ1n) is 5.42. The predicted octanol–water partition coefficient (Wildman–Crippen LogP) is 3.08. The van der Waals surface area contributed by atoms with Crippen molar-refractivity contribution in [2.45, 2.75) is 18.4 Å². The number of hydrogen-bond donors (Lipinski definition) is 2. The molecule has 3 nitrogen and oxygen atoms in total. The summed E-state index contributed by atoms with van der Waals surface area (Å²) in [6, 6.07) is -0.317. The Kier molecular flexibility index (Phi) is 3.31. The molecule has 1 fully saturated rings. The van der Waals surface area contributed by atoms with Gasteiger partial charge in [0.1, 0.15) is 0 Å². The molecular weight excluding hydrogens is 290 g/mol. The Hall–Kier alpha value is -1.93. The lowest BCUT2D eigenvalue weighted by molar-refractivity contribution is -0.143. The maximum atomic E-state index is 12.9. The summed E-state index contributed by atoms with van der Waals surface area (Å²) in [6.07, 6.45) is -9.81. The van der Waals surface area contributed by atoms with Crippen molar-refractivity contribution in [2.24, 2.45) is 0 Å². The summed E-state index contributed by atoms with van der Waals surface area (Å²) in [5, 5.41) is 4.46. The van der Waals surface area contributed by atoms with E-state index in [1.54, 1.807) is 0 Å². The van der Waals surface area contributed by atoms with Gasteiger partial charge in [0.2, 0.25) is 0 Å². The lowest BCUT2D eigenvalue weighted by atomic mass is 9.97. The third-order valence-electron chi connectivity index (χ3n) is 2.83. The van der Waals surface area contributed by atoms with Crippen molar-refractivity contribution in [3.8, 4) is 0 Å². The van der Waals surface area contributed by atoms with Crippen LogP contribution in [0.4, 0.5) is 31.1 Å². The highest BCUT2D eigenvalue weighted by atomic mass is 19.4. The molecular formula is C11H8F6N2O. The van der Waals surface area contributed by atoms with Crippen LogP contribution in [0.15, 0.2) is 18.2 Å². The highest BCUT2D eigenvalue weighted by molar-refractivity contribution is 5.77. The van der Waals surface area contributed by atoms with E-state index in [4.69, 9.17) is 0 Å². The van der Waals surface area contributed by atoms with Crippen LogP contribution < -0.4 is 10.6 Å². The number of benzene rings is 1. The lowest BCUT2D eigenvalue weighted by Gasteiger charge is -2.19. The largest absolute Gasteiger partial charge is 0.416 e. The Labute approximate surface area is 109 Å². The van der Waals surface area contributed by atoms with Crippen molar-refractivity contribution in [1.82, 2.24) is 10.6 Å². The smallest absolute Gasteiger partial charge is 0.336 e. The third-order valence-corrected chi connectivity index (χ3v) is 2.83. The minimum absolute atomic E-state index is 0.0554. The molecule has 2 amide bonds. The molecule has 0 bridgehead atoms. The number of urea groups is 1. The van der Waals surface area contributed by atoms with Crippen LogP contribution >= 0.6 is 0 Å². The number of carbonyl (C=O) groups excluding carboxylic acids is 1. The van der Waals surface area contributed by atoms with Gasteiger partial charge in [0, 0.05) is 6.54 Å². The fourth-order valence-electron chi connectivity index (χ4n) is 1.92. The van der Waals surface area contributed by atoms with Gasteiger partial charge in [-0.2, -0.15) is 26.3 Å². The van der Waals surface area contributed by atoms with Crippen LogP contribution in [0, 0.1) is 0 Å². The van der Waals surface area contributed by atoms with Crippen molar-refractivity contribution < 1.29 is 31.1 Å². The van der Waals surface area contributed by atoms with E-state index in [9.17, 15) is 31.1 Å². The molecule has 1 aromatic carbocycles. The van der Waals surface area contributed by atoms with Crippen molar-refractivity contribution in [3.05, 3.63) is 34.9 Å². The fourth-order valence-corrected chi connectivity index (χ4v) is 1.92. The first kappa shape index (κ1) is 14.5. The van der Waals surface area contributed by atoms with Crippen LogP contribution in [0.1, 0.15) is 22.7 Å². The lowest BCUT2D eigenvalue weighted by Crippen LogP contribution is -2.23. The van der Waals surface area contributed by atoms with Crippen LogP contribution in [-0.4, -0.2) is 12.6 Å². The molecule has 9 heteroatoms. The average molecular weight is 298 g/mol. The summed E-state index contributed by atoms with van der Waals surface area (Å²) in [5.41, 5.74) is -3.18. The van der Waals surface area contributed by atoms with Gasteiger partial charge < -0.3 is 10.6 Å². The van der Waals surface area contributed by atoms with Gasteiger partial charge in [-0.15, -0.1) is 0 Å². The highest BCUT2D eigenvalue weighted by Crippen LogP contribution is 2.39. The molecule has 1 aliphatic rings. The number of alkyl halides is 6. The van der Waals surface area contributed by atoms with E-state index in [1.165, 1.54) is 0 Å². The summed E-state index contributed by atoms with van der Waals surface area (Å²) in [5.74, 6) is 0. The van der Waals surface area contributed by atoms with E-state index in [0.29, 0.717) is 6.07 Å². The summed E-state index contributed by atoms with van der Waals surface area (Å²) in [7, 11) is 0. The van der Waals surface area contributed by atoms with Crippen molar-refractivity contribution in [2.75, 3.05) is 6.54 Å². The van der Waals surface area contributed by atoms with Gasteiger partial charge in [0.25, 0.3) is 0 Å². The number of carbonyl (C=O) groups is 1. The standard InChI is InChI=1S/C11H8F6N2O/c12-10(13,14)5-1-2-6(7(3-5)11(15,16)17)8-4-18-9(20)19-8/h1-3,8H,4H2,(H2,18,19,20)/t8-/m0/s1. The molecule has 1 aromatic rings. The molecule has 1 aliphatic heterocycles. The second-order valence-electron chi connectivity index (χ2n) is 4.20. The minimum atomic E-state index is -4.94. The molecule has 0 unspecified atom stereocenters. The summed E-state index contributed by atoms with van der Waals surface area (Å²) >= 11 is 0. The van der Waals surface area contributed by atoms with Crippen molar-refractivity contribution in [3.63, 3.8) is 0 Å². The monoisotopic (exact) mass is 298 g/mol. The maximum Gasteiger partial charge on any atom is 0.416 e. The molecule has 0 aromatic heterocycles. The van der Waals surface area contributed by atoms with Crippen LogP contribution in [-0.2, 0) is 12.4 Å². The molecule has 0 radical (unpaired) electrons. The molecule has 1 saturated heterocycles. The Morgan fingerprint density at radius 2 is 1.70 bits per heavy atom. The number of nitrogens with one attached hydrogen (secondary N) is 2. The molecule has 0 aliphatic carbocycles. The highest BCUT2D eigenvalue weighted by Gasteiger charge is 2.40. The normalized spacial score (nSPS) is 19.7. The van der Waals surface area contributed by atoms with E-state index >= 15 is 0 Å². The van der Waals surface area contributed by atoms with Gasteiger partial charge in [-0.1, -0.05) is 6.07 Å². The van der Waals surface area contributed by atoms with Gasteiger partial charge in [-0.3, -0.25) is 0 Å².